The Morgan fingerprint density at radius 1 is 1.08 bits per heavy atom. The van der Waals surface area contributed by atoms with Crippen LogP contribution >= 0.6 is 0 Å². The molecule has 5 heteroatoms. The molecule has 0 bridgehead atoms. The van der Waals surface area contributed by atoms with Gasteiger partial charge in [-0.05, 0) is 23.8 Å². The third-order valence-electron chi connectivity index (χ3n) is 4.13. The number of rotatable bonds is 3. The summed E-state index contributed by atoms with van der Waals surface area (Å²) in [7, 11) is 0. The minimum absolute atomic E-state index is 0.160. The molecule has 1 aromatic heterocycles. The molecule has 4 rings (SSSR count). The summed E-state index contributed by atoms with van der Waals surface area (Å²) in [6.07, 6.45) is 2.27. The van der Waals surface area contributed by atoms with Crippen LogP contribution in [0.3, 0.4) is 0 Å². The summed E-state index contributed by atoms with van der Waals surface area (Å²) in [6.45, 7) is 0.160. The molecule has 1 fully saturated rings. The maximum atomic E-state index is 12.5. The van der Waals surface area contributed by atoms with E-state index in [4.69, 9.17) is 9.15 Å². The van der Waals surface area contributed by atoms with Gasteiger partial charge in [0.25, 0.3) is 5.91 Å². The van der Waals surface area contributed by atoms with Crippen molar-refractivity contribution in [2.24, 2.45) is 0 Å². The summed E-state index contributed by atoms with van der Waals surface area (Å²) in [5, 5.41) is 0.956. The Hall–Kier alpha value is -3.34. The Morgan fingerprint density at radius 2 is 1.84 bits per heavy atom. The van der Waals surface area contributed by atoms with E-state index < -0.39 is 18.0 Å². The van der Waals surface area contributed by atoms with Crippen molar-refractivity contribution in [3.05, 3.63) is 78.1 Å². The van der Waals surface area contributed by atoms with Gasteiger partial charge in [-0.15, -0.1) is 0 Å². The van der Waals surface area contributed by atoms with Gasteiger partial charge in [-0.25, -0.2) is 9.69 Å². The lowest BCUT2D eigenvalue weighted by molar-refractivity contribution is -0.124. The second kappa shape index (κ2) is 6.28. The highest BCUT2D eigenvalue weighted by Gasteiger charge is 2.37. The summed E-state index contributed by atoms with van der Waals surface area (Å²) in [6, 6.07) is 18.4. The van der Waals surface area contributed by atoms with Crippen LogP contribution in [0.15, 0.2) is 71.2 Å². The predicted octanol–water partition coefficient (Wildman–Crippen LogP) is 4.17. The molecule has 1 aliphatic rings. The third-order valence-corrected chi connectivity index (χ3v) is 4.13. The predicted molar refractivity (Wildman–Crippen MR) is 92.6 cm³/mol. The molecule has 1 saturated heterocycles. The molecule has 0 radical (unpaired) electrons. The average molecular weight is 333 g/mol. The van der Waals surface area contributed by atoms with E-state index in [2.05, 4.69) is 0 Å². The number of nitrogens with zero attached hydrogens (tertiary/aromatic N) is 1. The fourth-order valence-electron chi connectivity index (χ4n) is 2.90. The van der Waals surface area contributed by atoms with Crippen molar-refractivity contribution in [2.75, 3.05) is 6.61 Å². The highest BCUT2D eigenvalue weighted by atomic mass is 16.6. The number of hydrogen-bond acceptors (Lipinski definition) is 4. The van der Waals surface area contributed by atoms with Crippen molar-refractivity contribution in [3.63, 3.8) is 0 Å². The number of imide groups is 1. The van der Waals surface area contributed by atoms with Crippen molar-refractivity contribution >= 4 is 29.0 Å². The molecule has 0 saturated carbocycles. The number of hydrogen-bond donors (Lipinski definition) is 0. The number of carbonyl (C=O) groups is 2. The molecule has 0 N–H and O–H groups in total. The first-order valence-corrected chi connectivity index (χ1v) is 7.94. The van der Waals surface area contributed by atoms with Gasteiger partial charge in [-0.3, -0.25) is 4.79 Å². The fourth-order valence-corrected chi connectivity index (χ4v) is 2.90. The maximum absolute atomic E-state index is 12.5. The highest BCUT2D eigenvalue weighted by Crippen LogP contribution is 2.28. The number of fused-ring (bicyclic) bond motifs is 1. The number of cyclic esters (lactones) is 1. The summed E-state index contributed by atoms with van der Waals surface area (Å²) < 4.78 is 10.7. The smallest absolute Gasteiger partial charge is 0.417 e. The minimum atomic E-state index is -0.631. The SMILES string of the molecule is O=C(/C=C/c1cc2ccccc2o1)N1C(=O)OC[C@@H]1c1ccccc1. The van der Waals surface area contributed by atoms with Gasteiger partial charge in [0.2, 0.25) is 0 Å². The van der Waals surface area contributed by atoms with Gasteiger partial charge in [0.1, 0.15) is 24.0 Å². The van der Waals surface area contributed by atoms with Crippen molar-refractivity contribution in [2.45, 2.75) is 6.04 Å². The van der Waals surface area contributed by atoms with Crippen LogP contribution in [0.1, 0.15) is 17.4 Å². The molecule has 1 aliphatic heterocycles. The summed E-state index contributed by atoms with van der Waals surface area (Å²) in [4.78, 5) is 25.6. The first kappa shape index (κ1) is 15.2. The number of ether oxygens (including phenoxy) is 1. The lowest BCUT2D eigenvalue weighted by Crippen LogP contribution is -2.32. The molecule has 0 spiro atoms. The molecule has 2 heterocycles. The number of carbonyl (C=O) groups excluding carboxylic acids is 2. The third kappa shape index (κ3) is 2.92. The van der Waals surface area contributed by atoms with Gasteiger partial charge >= 0.3 is 6.09 Å². The van der Waals surface area contributed by atoms with E-state index in [1.807, 2.05) is 60.7 Å². The Morgan fingerprint density at radius 3 is 2.64 bits per heavy atom. The van der Waals surface area contributed by atoms with Crippen molar-refractivity contribution in [1.82, 2.24) is 4.90 Å². The second-order valence-corrected chi connectivity index (χ2v) is 5.73. The first-order valence-electron chi connectivity index (χ1n) is 7.94. The van der Waals surface area contributed by atoms with E-state index in [9.17, 15) is 9.59 Å². The topological polar surface area (TPSA) is 59.8 Å². The van der Waals surface area contributed by atoms with Crippen molar-refractivity contribution in [3.8, 4) is 0 Å². The number of benzene rings is 2. The first-order chi connectivity index (χ1) is 12.2. The van der Waals surface area contributed by atoms with Gasteiger partial charge in [0.05, 0.1) is 0 Å². The largest absolute Gasteiger partial charge is 0.457 e. The molecule has 2 amide bonds. The van der Waals surface area contributed by atoms with E-state index >= 15 is 0 Å². The van der Waals surface area contributed by atoms with Gasteiger partial charge in [0, 0.05) is 11.5 Å². The normalized spacial score (nSPS) is 17.4. The summed E-state index contributed by atoms with van der Waals surface area (Å²) in [5.74, 6) is 0.121. The Balaban J connectivity index is 1.57. The van der Waals surface area contributed by atoms with Crippen LogP contribution in [-0.4, -0.2) is 23.5 Å². The average Bonchev–Trinajstić information content (AvgIpc) is 3.23. The van der Waals surface area contributed by atoms with E-state index in [0.29, 0.717) is 5.76 Å². The van der Waals surface area contributed by atoms with Gasteiger partial charge in [-0.1, -0.05) is 48.5 Å². The van der Waals surface area contributed by atoms with Crippen LogP contribution < -0.4 is 0 Å². The molecule has 5 nitrogen and oxygen atoms in total. The van der Waals surface area contributed by atoms with E-state index in [0.717, 1.165) is 21.4 Å². The highest BCUT2D eigenvalue weighted by molar-refractivity contribution is 6.02. The van der Waals surface area contributed by atoms with Crippen LogP contribution in [0.5, 0.6) is 0 Å². The van der Waals surface area contributed by atoms with Crippen LogP contribution in [0.4, 0.5) is 4.79 Å². The number of para-hydroxylation sites is 1. The van der Waals surface area contributed by atoms with Crippen LogP contribution in [0, 0.1) is 0 Å². The molecule has 2 aromatic carbocycles. The molecule has 0 aliphatic carbocycles. The van der Waals surface area contributed by atoms with E-state index in [1.54, 1.807) is 6.08 Å². The molecular weight excluding hydrogens is 318 g/mol. The number of amides is 2. The van der Waals surface area contributed by atoms with E-state index in [-0.39, 0.29) is 6.61 Å². The van der Waals surface area contributed by atoms with Crippen LogP contribution in [0.2, 0.25) is 0 Å². The molecule has 25 heavy (non-hydrogen) atoms. The Bertz CT molecular complexity index is 925. The minimum Gasteiger partial charge on any atom is -0.457 e. The standard InChI is InChI=1S/C20H15NO4/c22-19(11-10-16-12-15-8-4-5-9-18(15)25-16)21-17(13-24-20(21)23)14-6-2-1-3-7-14/h1-12,17H,13H2/b11-10+/t17-/m1/s1. The maximum Gasteiger partial charge on any atom is 0.417 e. The lowest BCUT2D eigenvalue weighted by Gasteiger charge is -2.18. The van der Waals surface area contributed by atoms with E-state index in [1.165, 1.54) is 6.08 Å². The molecule has 0 unspecified atom stereocenters. The Kier molecular flexibility index (Phi) is 3.82. The van der Waals surface area contributed by atoms with Gasteiger partial charge in [-0.2, -0.15) is 0 Å². The zero-order chi connectivity index (χ0) is 17.2. The fraction of sp³-hybridized carbons (Fsp3) is 0.100. The summed E-state index contributed by atoms with van der Waals surface area (Å²) in [5.41, 5.74) is 1.61. The van der Waals surface area contributed by atoms with Crippen molar-refractivity contribution in [1.29, 1.82) is 0 Å². The molecule has 1 atom stereocenters. The number of furan rings is 1. The Labute approximate surface area is 144 Å². The van der Waals surface area contributed by atoms with Gasteiger partial charge < -0.3 is 9.15 Å². The lowest BCUT2D eigenvalue weighted by atomic mass is 10.1. The zero-order valence-electron chi connectivity index (χ0n) is 13.3. The van der Waals surface area contributed by atoms with Crippen LogP contribution in [0.25, 0.3) is 17.0 Å². The molecular formula is C20H15NO4. The summed E-state index contributed by atoms with van der Waals surface area (Å²) >= 11 is 0. The van der Waals surface area contributed by atoms with Crippen molar-refractivity contribution < 1.29 is 18.7 Å². The second-order valence-electron chi connectivity index (χ2n) is 5.73. The molecule has 3 aromatic rings. The monoisotopic (exact) mass is 333 g/mol. The molecule has 124 valence electrons. The zero-order valence-corrected chi connectivity index (χ0v) is 13.3. The van der Waals surface area contributed by atoms with Crippen LogP contribution in [-0.2, 0) is 9.53 Å². The van der Waals surface area contributed by atoms with Gasteiger partial charge in [0.15, 0.2) is 0 Å². The quantitative estimate of drug-likeness (QED) is 0.675.